The van der Waals surface area contributed by atoms with Gasteiger partial charge in [-0.25, -0.2) is 4.79 Å². The van der Waals surface area contributed by atoms with E-state index in [9.17, 15) is 24.3 Å². The summed E-state index contributed by atoms with van der Waals surface area (Å²) in [6, 6.07) is 0. The second kappa shape index (κ2) is 4.85. The van der Waals surface area contributed by atoms with Crippen LogP contribution in [-0.4, -0.2) is 49.6 Å². The Bertz CT molecular complexity index is 597. The average Bonchev–Trinajstić information content (AvgIpc) is 2.68. The summed E-state index contributed by atoms with van der Waals surface area (Å²) in [4.78, 5) is 22.2. The van der Waals surface area contributed by atoms with Gasteiger partial charge >= 0.3 is 5.69 Å². The maximum atomic E-state index is 13.3. The summed E-state index contributed by atoms with van der Waals surface area (Å²) in [6.07, 6.45) is -4.37. The van der Waals surface area contributed by atoms with E-state index in [1.807, 2.05) is 0 Å². The SMILES string of the molecule is Cc1cn(C2O[C@H](CO)[C@@H](O)[C@@H]2O)c(=O)n(F)c1=O. The fourth-order valence-corrected chi connectivity index (χ4v) is 1.95. The van der Waals surface area contributed by atoms with Crippen molar-refractivity contribution in [1.29, 1.82) is 0 Å². The van der Waals surface area contributed by atoms with E-state index in [4.69, 9.17) is 9.84 Å². The van der Waals surface area contributed by atoms with E-state index >= 15 is 0 Å². The lowest BCUT2D eigenvalue weighted by Gasteiger charge is -2.17. The van der Waals surface area contributed by atoms with Crippen LogP contribution in [0.4, 0.5) is 4.48 Å². The predicted octanol–water partition coefficient (Wildman–Crippen LogP) is -2.34. The predicted molar refractivity (Wildman–Crippen MR) is 59.2 cm³/mol. The lowest BCUT2D eigenvalue weighted by atomic mass is 10.1. The van der Waals surface area contributed by atoms with Crippen molar-refractivity contribution in [3.63, 3.8) is 0 Å². The van der Waals surface area contributed by atoms with Crippen LogP contribution in [0.15, 0.2) is 15.8 Å². The molecule has 0 bridgehead atoms. The maximum absolute atomic E-state index is 13.3. The molecular weight excluding hydrogens is 263 g/mol. The molecule has 0 saturated carbocycles. The topological polar surface area (TPSA) is 114 Å². The first-order valence-electron chi connectivity index (χ1n) is 5.52. The number of halogens is 1. The van der Waals surface area contributed by atoms with Gasteiger partial charge in [-0.1, -0.05) is 9.27 Å². The van der Waals surface area contributed by atoms with Gasteiger partial charge in [-0.15, -0.1) is 0 Å². The second-order valence-corrected chi connectivity index (χ2v) is 4.32. The molecule has 1 unspecified atom stereocenters. The fourth-order valence-electron chi connectivity index (χ4n) is 1.95. The van der Waals surface area contributed by atoms with Crippen LogP contribution in [0.2, 0.25) is 0 Å². The highest BCUT2D eigenvalue weighted by Gasteiger charge is 2.44. The molecule has 2 rings (SSSR count). The average molecular weight is 276 g/mol. The van der Waals surface area contributed by atoms with Crippen molar-refractivity contribution in [1.82, 2.24) is 9.36 Å². The molecule has 1 aliphatic heterocycles. The molecule has 1 aliphatic rings. The van der Waals surface area contributed by atoms with Gasteiger partial charge in [0.1, 0.15) is 18.3 Å². The minimum absolute atomic E-state index is 0.0696. The number of hydrogen-bond donors (Lipinski definition) is 3. The quantitative estimate of drug-likeness (QED) is 0.558. The molecule has 3 N–H and O–H groups in total. The smallest absolute Gasteiger partial charge is 0.362 e. The first kappa shape index (κ1) is 13.9. The number of aryl methyl sites for hydroxylation is 1. The Hall–Kier alpha value is -1.55. The van der Waals surface area contributed by atoms with Gasteiger partial charge in [-0.2, -0.15) is 0 Å². The van der Waals surface area contributed by atoms with Gasteiger partial charge in [-0.05, 0) is 6.92 Å². The molecule has 2 heterocycles. The number of nitrogens with zero attached hydrogens (tertiary/aromatic N) is 2. The van der Waals surface area contributed by atoms with Crippen LogP contribution in [0.3, 0.4) is 0 Å². The maximum Gasteiger partial charge on any atom is 0.362 e. The summed E-state index contributed by atoms with van der Waals surface area (Å²) < 4.78 is 19.1. The molecule has 0 radical (unpaired) electrons. The zero-order valence-corrected chi connectivity index (χ0v) is 9.93. The van der Waals surface area contributed by atoms with Crippen molar-refractivity contribution >= 4 is 0 Å². The zero-order chi connectivity index (χ0) is 14.3. The summed E-state index contributed by atoms with van der Waals surface area (Å²) in [6.45, 7) is 0.716. The molecular formula is C10H13FN2O6. The molecule has 0 aromatic carbocycles. The normalized spacial score (nSPS) is 30.8. The summed E-state index contributed by atoms with van der Waals surface area (Å²) in [5.41, 5.74) is -2.50. The third-order valence-corrected chi connectivity index (χ3v) is 3.03. The molecule has 0 aliphatic carbocycles. The van der Waals surface area contributed by atoms with Gasteiger partial charge in [-0.3, -0.25) is 9.36 Å². The summed E-state index contributed by atoms with van der Waals surface area (Å²) in [5, 5.41) is 28.2. The Morgan fingerprint density at radius 2 is 2.00 bits per heavy atom. The standard InChI is InChI=1S/C10H13FN2O6/c1-4-2-12(10(18)13(11)8(4)17)9-7(16)6(15)5(3-14)19-9/h2,5-7,9,14-16H,3H2,1H3/t5-,6-,7+,9?/m1/s1. The van der Waals surface area contributed by atoms with E-state index in [1.54, 1.807) is 0 Å². The van der Waals surface area contributed by atoms with Crippen LogP contribution < -0.4 is 11.2 Å². The van der Waals surface area contributed by atoms with Gasteiger partial charge in [0, 0.05) is 11.8 Å². The second-order valence-electron chi connectivity index (χ2n) is 4.32. The van der Waals surface area contributed by atoms with Crippen molar-refractivity contribution < 1.29 is 24.5 Å². The van der Waals surface area contributed by atoms with Gasteiger partial charge in [0.15, 0.2) is 6.23 Å². The number of aliphatic hydroxyl groups is 3. The Kier molecular flexibility index (Phi) is 3.54. The van der Waals surface area contributed by atoms with E-state index < -0.39 is 47.2 Å². The van der Waals surface area contributed by atoms with Gasteiger partial charge in [0.05, 0.1) is 6.61 Å². The highest BCUT2D eigenvalue weighted by atomic mass is 19.2. The number of rotatable bonds is 2. The number of hydrogen-bond acceptors (Lipinski definition) is 6. The molecule has 1 aromatic heterocycles. The van der Waals surface area contributed by atoms with Crippen LogP contribution in [0.5, 0.6) is 0 Å². The fraction of sp³-hybridized carbons (Fsp3) is 0.600. The third kappa shape index (κ3) is 2.10. The molecule has 106 valence electrons. The highest BCUT2D eigenvalue weighted by Crippen LogP contribution is 2.27. The molecule has 19 heavy (non-hydrogen) atoms. The highest BCUT2D eigenvalue weighted by molar-refractivity contribution is 5.03. The first-order valence-corrected chi connectivity index (χ1v) is 5.52. The summed E-state index contributed by atoms with van der Waals surface area (Å²) >= 11 is 0. The van der Waals surface area contributed by atoms with Crippen molar-refractivity contribution in [2.24, 2.45) is 0 Å². The molecule has 4 atom stereocenters. The van der Waals surface area contributed by atoms with Crippen LogP contribution in [0, 0.1) is 6.92 Å². The van der Waals surface area contributed by atoms with E-state index in [0.29, 0.717) is 4.57 Å². The van der Waals surface area contributed by atoms with E-state index in [2.05, 4.69) is 0 Å². The monoisotopic (exact) mass is 276 g/mol. The Labute approximate surface area is 105 Å². The van der Waals surface area contributed by atoms with Gasteiger partial charge < -0.3 is 20.1 Å². The van der Waals surface area contributed by atoms with E-state index in [0.717, 1.165) is 6.20 Å². The lowest BCUT2D eigenvalue weighted by Crippen LogP contribution is -2.41. The largest absolute Gasteiger partial charge is 0.394 e. The zero-order valence-electron chi connectivity index (χ0n) is 9.93. The number of aliphatic hydroxyl groups excluding tert-OH is 3. The number of aromatic nitrogens is 2. The van der Waals surface area contributed by atoms with Crippen molar-refractivity contribution in [3.8, 4) is 0 Å². The van der Waals surface area contributed by atoms with Crippen LogP contribution in [0.25, 0.3) is 0 Å². The molecule has 1 fully saturated rings. The molecule has 1 saturated heterocycles. The molecule has 9 heteroatoms. The van der Waals surface area contributed by atoms with Crippen molar-refractivity contribution in [3.05, 3.63) is 32.6 Å². The Morgan fingerprint density at radius 1 is 1.37 bits per heavy atom. The minimum Gasteiger partial charge on any atom is -0.394 e. The van der Waals surface area contributed by atoms with Gasteiger partial charge in [0.25, 0.3) is 5.56 Å². The number of ether oxygens (including phenoxy) is 1. The summed E-state index contributed by atoms with van der Waals surface area (Å²) in [5.74, 6) is 0. The minimum atomic E-state index is -1.52. The third-order valence-electron chi connectivity index (χ3n) is 3.03. The van der Waals surface area contributed by atoms with Crippen molar-refractivity contribution in [2.45, 2.75) is 31.5 Å². The molecule has 8 nitrogen and oxygen atoms in total. The van der Waals surface area contributed by atoms with Crippen LogP contribution in [-0.2, 0) is 4.74 Å². The molecule has 0 amide bonds. The van der Waals surface area contributed by atoms with Crippen molar-refractivity contribution in [2.75, 3.05) is 6.61 Å². The van der Waals surface area contributed by atoms with E-state index in [-0.39, 0.29) is 5.56 Å². The summed E-state index contributed by atoms with van der Waals surface area (Å²) in [7, 11) is 0. The molecule has 1 aromatic rings. The Balaban J connectivity index is 2.50. The Morgan fingerprint density at radius 3 is 2.53 bits per heavy atom. The molecule has 0 spiro atoms. The van der Waals surface area contributed by atoms with Gasteiger partial charge in [0.2, 0.25) is 0 Å². The van der Waals surface area contributed by atoms with E-state index in [1.165, 1.54) is 6.92 Å². The lowest BCUT2D eigenvalue weighted by molar-refractivity contribution is -0.0566. The first-order chi connectivity index (χ1) is 8.88. The van der Waals surface area contributed by atoms with Crippen LogP contribution in [0.1, 0.15) is 11.8 Å². The van der Waals surface area contributed by atoms with Crippen LogP contribution >= 0.6 is 0 Å².